The van der Waals surface area contributed by atoms with E-state index in [4.69, 9.17) is 9.47 Å². The number of aromatic nitrogens is 2. The molecule has 0 saturated carbocycles. The number of nitrogens with zero attached hydrogens (tertiary/aromatic N) is 2. The van der Waals surface area contributed by atoms with Crippen molar-refractivity contribution in [2.75, 3.05) is 13.2 Å². The van der Waals surface area contributed by atoms with Crippen LogP contribution in [0.2, 0.25) is 0 Å². The summed E-state index contributed by atoms with van der Waals surface area (Å²) >= 11 is 0. The number of hydrogen-bond donors (Lipinski definition) is 2. The van der Waals surface area contributed by atoms with Crippen molar-refractivity contribution in [1.82, 2.24) is 9.13 Å². The molecule has 2 atom stereocenters. The van der Waals surface area contributed by atoms with Crippen LogP contribution < -0.4 is 4.74 Å². The lowest BCUT2D eigenvalue weighted by Crippen LogP contribution is -2.45. The Kier molecular flexibility index (Phi) is 21.9. The Balaban J connectivity index is 1.11. The van der Waals surface area contributed by atoms with Crippen LogP contribution in [0.4, 0.5) is 8.78 Å². The molecule has 2 heterocycles. The van der Waals surface area contributed by atoms with E-state index in [1.165, 1.54) is 46.5 Å². The highest BCUT2D eigenvalue weighted by atomic mass is 19.1. The first kappa shape index (κ1) is 82.5. The number of hydrogen-bond acceptors (Lipinski definition) is 4. The monoisotopic (exact) mass is 1450 g/mol. The second kappa shape index (κ2) is 28.4. The third kappa shape index (κ3) is 18.4. The van der Waals surface area contributed by atoms with Gasteiger partial charge >= 0.3 is 0 Å². The molecule has 0 aliphatic heterocycles. The topological polar surface area (TPSA) is 68.8 Å². The molecule has 9 aromatic rings. The summed E-state index contributed by atoms with van der Waals surface area (Å²) in [6, 6.07) is 42.1. The summed E-state index contributed by atoms with van der Waals surface area (Å²) in [4.78, 5) is 0. The lowest BCUT2D eigenvalue weighted by Gasteiger charge is -2.44. The molecule has 0 fully saturated rings. The molecule has 0 spiro atoms. The molecule has 7 aromatic carbocycles. The van der Waals surface area contributed by atoms with Crippen molar-refractivity contribution in [1.29, 1.82) is 0 Å². The molecular weight excluding hydrogens is 1320 g/mol. The van der Waals surface area contributed by atoms with Crippen LogP contribution in [0, 0.1) is 49.5 Å². The van der Waals surface area contributed by atoms with E-state index in [9.17, 15) is 10.2 Å². The van der Waals surface area contributed by atoms with Crippen LogP contribution in [0.5, 0.6) is 11.5 Å². The number of allylic oxidation sites excluding steroid dienone is 2. The molecule has 1 aliphatic rings. The van der Waals surface area contributed by atoms with E-state index in [1.807, 2.05) is 12.1 Å². The average molecular weight is 1450 g/mol. The van der Waals surface area contributed by atoms with Crippen molar-refractivity contribution in [3.63, 3.8) is 0 Å². The van der Waals surface area contributed by atoms with E-state index < -0.39 is 34.3 Å². The van der Waals surface area contributed by atoms with E-state index in [1.54, 1.807) is 12.1 Å². The fourth-order valence-corrected chi connectivity index (χ4v) is 20.1. The highest BCUT2D eigenvalue weighted by Gasteiger charge is 2.49. The molecule has 0 bridgehead atoms. The van der Waals surface area contributed by atoms with Gasteiger partial charge in [0.2, 0.25) is 5.79 Å². The smallest absolute Gasteiger partial charge is 0.218 e. The van der Waals surface area contributed by atoms with Gasteiger partial charge in [0, 0.05) is 55.7 Å². The normalized spacial score (nSPS) is 16.7. The van der Waals surface area contributed by atoms with Crippen molar-refractivity contribution in [2.45, 2.75) is 292 Å². The minimum atomic E-state index is -2.08. The third-order valence-corrected chi connectivity index (χ3v) is 22.4. The SMILES string of the molecule is CC(C)(C)CC(C)(C)C1=CC(n2c3ccc(C(C)(C)CC(C)(C)C)cc3c3cc(C(C)(C)CC(C)(C)C)ccc32)C(O)(OCCCOc2ccc(F)cc2-c2cc(C(C)(C)CC(C)(C)C)cc(-n3c4ccc(C(C)(C)CC(C)(C)C)cc4c4cc(C(C)(C)CC(C)(C)C)ccc43)c2O)C(c2cccc(F)c2)=C1. The van der Waals surface area contributed by atoms with Gasteiger partial charge in [-0.05, 0) is 240 Å². The number of aromatic hydroxyl groups is 1. The first-order chi connectivity index (χ1) is 48.8. The number of aliphatic hydroxyl groups is 1. The minimum absolute atomic E-state index is 0.00671. The first-order valence-electron chi connectivity index (χ1n) is 39.8. The molecule has 578 valence electrons. The zero-order valence-electron chi connectivity index (χ0n) is 71.6. The predicted octanol–water partition coefficient (Wildman–Crippen LogP) is 28.3. The average Bonchev–Trinajstić information content (AvgIpc) is 1.68. The number of rotatable bonds is 22. The molecule has 2 aromatic heterocycles. The molecule has 2 unspecified atom stereocenters. The van der Waals surface area contributed by atoms with E-state index in [2.05, 4.69) is 308 Å². The summed E-state index contributed by atoms with van der Waals surface area (Å²) in [7, 11) is 0. The number of benzene rings is 7. The molecule has 0 saturated heterocycles. The molecule has 0 radical (unpaired) electrons. The van der Waals surface area contributed by atoms with Gasteiger partial charge in [-0.1, -0.05) is 250 Å². The van der Waals surface area contributed by atoms with E-state index in [0.717, 1.165) is 93.3 Å². The summed E-state index contributed by atoms with van der Waals surface area (Å²) in [6.07, 6.45) is 10.1. The van der Waals surface area contributed by atoms with Gasteiger partial charge in [0.1, 0.15) is 29.2 Å². The van der Waals surface area contributed by atoms with Gasteiger partial charge in [-0.3, -0.25) is 0 Å². The van der Waals surface area contributed by atoms with E-state index in [-0.39, 0.29) is 73.1 Å². The minimum Gasteiger partial charge on any atom is -0.505 e. The molecule has 1 aliphatic carbocycles. The number of halogens is 2. The maximum Gasteiger partial charge on any atom is 0.218 e. The van der Waals surface area contributed by atoms with Crippen LogP contribution in [0.3, 0.4) is 0 Å². The summed E-state index contributed by atoms with van der Waals surface area (Å²) in [5.41, 5.74) is 12.0. The van der Waals surface area contributed by atoms with Crippen LogP contribution in [0.25, 0.3) is 66.0 Å². The van der Waals surface area contributed by atoms with Crippen molar-refractivity contribution >= 4 is 49.2 Å². The Morgan fingerprint density at radius 3 is 1.19 bits per heavy atom. The third-order valence-electron chi connectivity index (χ3n) is 22.4. The van der Waals surface area contributed by atoms with Crippen molar-refractivity contribution in [2.24, 2.45) is 37.9 Å². The summed E-state index contributed by atoms with van der Waals surface area (Å²) in [6.45, 7) is 69.3. The quantitative estimate of drug-likeness (QED) is 0.0524. The molecule has 6 nitrogen and oxygen atoms in total. The van der Waals surface area contributed by atoms with Crippen LogP contribution in [-0.4, -0.2) is 38.3 Å². The number of phenolic OH excluding ortho intramolecular Hbond substituents is 1. The Bertz CT molecular complexity index is 4680. The van der Waals surface area contributed by atoms with E-state index in [0.29, 0.717) is 40.1 Å². The van der Waals surface area contributed by atoms with Crippen molar-refractivity contribution in [3.05, 3.63) is 190 Å². The van der Waals surface area contributed by atoms with Gasteiger partial charge in [-0.2, -0.15) is 0 Å². The fourth-order valence-electron chi connectivity index (χ4n) is 20.1. The predicted molar refractivity (Wildman–Crippen MR) is 453 cm³/mol. The van der Waals surface area contributed by atoms with Gasteiger partial charge in [0.25, 0.3) is 0 Å². The van der Waals surface area contributed by atoms with Gasteiger partial charge in [0.15, 0.2) is 0 Å². The summed E-state index contributed by atoms with van der Waals surface area (Å²) in [5, 5.41) is 32.3. The van der Waals surface area contributed by atoms with Crippen molar-refractivity contribution < 1.29 is 28.5 Å². The lowest BCUT2D eigenvalue weighted by molar-refractivity contribution is -0.179. The number of phenols is 1. The van der Waals surface area contributed by atoms with Crippen LogP contribution in [0.15, 0.2) is 145 Å². The van der Waals surface area contributed by atoms with Gasteiger partial charge in [0.05, 0.1) is 29.9 Å². The Morgan fingerprint density at radius 2 is 0.776 bits per heavy atom. The lowest BCUT2D eigenvalue weighted by atomic mass is 9.68. The molecule has 2 N–H and O–H groups in total. The zero-order valence-corrected chi connectivity index (χ0v) is 71.6. The molecule has 8 heteroatoms. The second-order valence-corrected chi connectivity index (χ2v) is 43.8. The van der Waals surface area contributed by atoms with Crippen LogP contribution in [0.1, 0.15) is 292 Å². The Morgan fingerprint density at radius 1 is 0.393 bits per heavy atom. The highest BCUT2D eigenvalue weighted by molar-refractivity contribution is 6.11. The zero-order chi connectivity index (χ0) is 79.6. The summed E-state index contributed by atoms with van der Waals surface area (Å²) in [5.74, 6) is -2.57. The highest BCUT2D eigenvalue weighted by Crippen LogP contribution is 2.54. The Labute approximate surface area is 644 Å². The maximum absolute atomic E-state index is 16.4. The van der Waals surface area contributed by atoms with E-state index >= 15 is 8.78 Å². The Hall–Kier alpha value is -7.00. The number of ether oxygens (including phenoxy) is 2. The van der Waals surface area contributed by atoms with Gasteiger partial charge in [-0.25, -0.2) is 8.78 Å². The summed E-state index contributed by atoms with van der Waals surface area (Å²) < 4.78 is 51.2. The molecule has 10 rings (SSSR count). The van der Waals surface area contributed by atoms with Crippen molar-refractivity contribution in [3.8, 4) is 28.3 Å². The molecule has 0 amide bonds. The maximum atomic E-state index is 16.4. The van der Waals surface area contributed by atoms with Crippen LogP contribution >= 0.6 is 0 Å². The fraction of sp³-hybridized carbons (Fsp3) is 0.535. The first-order valence-corrected chi connectivity index (χ1v) is 39.8. The van der Waals surface area contributed by atoms with Gasteiger partial charge < -0.3 is 28.8 Å². The largest absolute Gasteiger partial charge is 0.505 e. The molecular formula is C99H134F2N2O4. The molecule has 107 heavy (non-hydrogen) atoms. The van der Waals surface area contributed by atoms with Crippen LogP contribution in [-0.2, 0) is 31.8 Å². The standard InChI is InChI=1S/C99H134F2N2O4/c1-87(2,3)57-93(19,20)64-35-40-79-72(48-64)73-49-65(94(21,22)58-88(4,5)6)36-41-80(73)102(79)83-54-68(97(27,28)61-91(13,14)15)52-77(86(83)104)76-56-71(101)39-44-84(76)106-45-32-46-107-99(105)78(63-33-31-34-70(100)47-63)53-69(98(29,30)62-92(16,17)18)55-85(99)103-81-42-37-66(95(23,24)59-89(7,8)9)50-74(81)75-51-67(38-43-82(75)103)96(25,26)60-90(10,11)12/h31,33-44,47-56,85,104-105H,32,45-46,57-62H2,1-30H3. The van der Waals surface area contributed by atoms with Gasteiger partial charge in [-0.15, -0.1) is 0 Å². The number of fused-ring (bicyclic) bond motifs is 6. The second-order valence-electron chi connectivity index (χ2n) is 43.8.